The van der Waals surface area contributed by atoms with Crippen LogP contribution in [0.15, 0.2) is 24.3 Å². The molecule has 0 aliphatic carbocycles. The summed E-state index contributed by atoms with van der Waals surface area (Å²) in [6, 6.07) is 4.39. The van der Waals surface area contributed by atoms with Crippen LogP contribution in [0.4, 0.5) is 23.7 Å². The van der Waals surface area contributed by atoms with Gasteiger partial charge in [-0.05, 0) is 44.5 Å². The van der Waals surface area contributed by atoms with Crippen molar-refractivity contribution in [2.75, 3.05) is 25.5 Å². The number of amides is 4. The summed E-state index contributed by atoms with van der Waals surface area (Å²) in [4.78, 5) is 38.4. The Morgan fingerprint density at radius 3 is 2.45 bits per heavy atom. The van der Waals surface area contributed by atoms with Gasteiger partial charge in [0.15, 0.2) is 0 Å². The molecular formula is C20H22F3N5O3. The molecule has 11 heteroatoms. The van der Waals surface area contributed by atoms with Gasteiger partial charge in [-0.3, -0.25) is 14.5 Å². The zero-order valence-corrected chi connectivity index (χ0v) is 17.3. The quantitative estimate of drug-likeness (QED) is 0.704. The average Bonchev–Trinajstić information content (AvgIpc) is 3.12. The van der Waals surface area contributed by atoms with E-state index < -0.39 is 23.7 Å². The van der Waals surface area contributed by atoms with E-state index in [0.717, 1.165) is 17.0 Å². The number of hydrogen-bond donors (Lipinski definition) is 1. The fourth-order valence-corrected chi connectivity index (χ4v) is 3.37. The summed E-state index contributed by atoms with van der Waals surface area (Å²) in [5.74, 6) is -0.882. The first kappa shape index (κ1) is 22.3. The molecule has 2 aromatic rings. The summed E-state index contributed by atoms with van der Waals surface area (Å²) >= 11 is 0. The van der Waals surface area contributed by atoms with Crippen LogP contribution in [0.3, 0.4) is 0 Å². The lowest BCUT2D eigenvalue weighted by Crippen LogP contribution is -2.33. The molecule has 3 rings (SSSR count). The third kappa shape index (κ3) is 4.86. The Kier molecular flexibility index (Phi) is 6.05. The molecule has 1 aromatic heterocycles. The number of imide groups is 1. The predicted octanol–water partition coefficient (Wildman–Crippen LogP) is 3.12. The minimum absolute atomic E-state index is 0.0126. The SMILES string of the molecule is Cc1cc(C)n(-c2ccc(C(F)(F)F)cc2NC(=O)CCCN2C(=O)CN(C)C2=O)n1. The van der Waals surface area contributed by atoms with E-state index >= 15 is 0 Å². The highest BCUT2D eigenvalue weighted by atomic mass is 19.4. The topological polar surface area (TPSA) is 87.5 Å². The zero-order chi connectivity index (χ0) is 22.9. The number of aryl methyl sites for hydroxylation is 2. The number of carbonyl (C=O) groups excluding carboxylic acids is 3. The third-order valence-electron chi connectivity index (χ3n) is 4.85. The molecule has 2 heterocycles. The molecule has 1 aliphatic heterocycles. The van der Waals surface area contributed by atoms with Crippen LogP contribution in [0, 0.1) is 13.8 Å². The van der Waals surface area contributed by atoms with E-state index in [-0.39, 0.29) is 37.5 Å². The standard InChI is InChI=1S/C20H22F3N5O3/c1-12-9-13(2)28(25-12)16-7-6-14(20(21,22)23)10-15(16)24-17(29)5-4-8-27-18(30)11-26(3)19(27)31/h6-7,9-10H,4-5,8,11H2,1-3H3,(H,24,29). The van der Waals surface area contributed by atoms with Crippen LogP contribution in [0.5, 0.6) is 0 Å². The molecule has 0 radical (unpaired) electrons. The fourth-order valence-electron chi connectivity index (χ4n) is 3.37. The summed E-state index contributed by atoms with van der Waals surface area (Å²) < 4.78 is 41.0. The van der Waals surface area contributed by atoms with Crippen LogP contribution in [-0.2, 0) is 15.8 Å². The number of rotatable bonds is 6. The van der Waals surface area contributed by atoms with Crippen LogP contribution < -0.4 is 5.32 Å². The zero-order valence-electron chi connectivity index (χ0n) is 17.3. The van der Waals surface area contributed by atoms with E-state index in [2.05, 4.69) is 10.4 Å². The van der Waals surface area contributed by atoms with Crippen molar-refractivity contribution in [2.45, 2.75) is 32.9 Å². The number of aromatic nitrogens is 2. The smallest absolute Gasteiger partial charge is 0.324 e. The number of carbonyl (C=O) groups is 3. The van der Waals surface area contributed by atoms with Gasteiger partial charge in [-0.1, -0.05) is 0 Å². The van der Waals surface area contributed by atoms with Gasteiger partial charge in [0, 0.05) is 25.7 Å². The van der Waals surface area contributed by atoms with Gasteiger partial charge in [0.1, 0.15) is 6.54 Å². The molecule has 0 saturated carbocycles. The van der Waals surface area contributed by atoms with Crippen molar-refractivity contribution in [3.8, 4) is 5.69 Å². The normalized spacial score (nSPS) is 14.5. The maximum absolute atomic E-state index is 13.2. The maximum Gasteiger partial charge on any atom is 0.416 e. The summed E-state index contributed by atoms with van der Waals surface area (Å²) in [7, 11) is 1.50. The van der Waals surface area contributed by atoms with E-state index in [0.29, 0.717) is 17.1 Å². The van der Waals surface area contributed by atoms with Crippen molar-refractivity contribution in [1.29, 1.82) is 0 Å². The van der Waals surface area contributed by atoms with Gasteiger partial charge in [-0.25, -0.2) is 9.48 Å². The highest BCUT2D eigenvalue weighted by molar-refractivity contribution is 6.01. The number of alkyl halides is 3. The lowest BCUT2D eigenvalue weighted by Gasteiger charge is -2.16. The van der Waals surface area contributed by atoms with Crippen molar-refractivity contribution in [2.24, 2.45) is 0 Å². The number of nitrogens with zero attached hydrogens (tertiary/aromatic N) is 4. The van der Waals surface area contributed by atoms with Crippen molar-refractivity contribution in [3.63, 3.8) is 0 Å². The second kappa shape index (κ2) is 8.40. The van der Waals surface area contributed by atoms with Crippen LogP contribution in [0.2, 0.25) is 0 Å². The highest BCUT2D eigenvalue weighted by Crippen LogP contribution is 2.33. The molecular weight excluding hydrogens is 415 g/mol. The molecule has 166 valence electrons. The number of benzene rings is 1. The minimum atomic E-state index is -4.57. The minimum Gasteiger partial charge on any atom is -0.324 e. The lowest BCUT2D eigenvalue weighted by molar-refractivity contribution is -0.137. The van der Waals surface area contributed by atoms with Crippen LogP contribution >= 0.6 is 0 Å². The Hall–Kier alpha value is -3.37. The Morgan fingerprint density at radius 1 is 1.19 bits per heavy atom. The van der Waals surface area contributed by atoms with Crippen molar-refractivity contribution in [1.82, 2.24) is 19.6 Å². The molecule has 0 unspecified atom stereocenters. The Balaban J connectivity index is 1.75. The molecule has 1 fully saturated rings. The number of anilines is 1. The molecule has 1 N–H and O–H groups in total. The summed E-state index contributed by atoms with van der Waals surface area (Å²) in [5, 5.41) is 6.79. The Bertz CT molecular complexity index is 1030. The molecule has 0 bridgehead atoms. The van der Waals surface area contributed by atoms with E-state index in [1.807, 2.05) is 0 Å². The van der Waals surface area contributed by atoms with Gasteiger partial charge in [0.25, 0.3) is 0 Å². The van der Waals surface area contributed by atoms with Crippen molar-refractivity contribution >= 4 is 23.5 Å². The van der Waals surface area contributed by atoms with Crippen molar-refractivity contribution in [3.05, 3.63) is 41.2 Å². The van der Waals surface area contributed by atoms with E-state index in [4.69, 9.17) is 0 Å². The van der Waals surface area contributed by atoms with Gasteiger partial charge < -0.3 is 10.2 Å². The first-order valence-corrected chi connectivity index (χ1v) is 9.57. The van der Waals surface area contributed by atoms with Gasteiger partial charge in [-0.2, -0.15) is 18.3 Å². The summed E-state index contributed by atoms with van der Waals surface area (Å²) in [6.45, 7) is 3.55. The first-order chi connectivity index (χ1) is 14.5. The Morgan fingerprint density at radius 2 is 1.90 bits per heavy atom. The number of likely N-dealkylation sites (N-methyl/N-ethyl adjacent to an activating group) is 1. The van der Waals surface area contributed by atoms with Crippen molar-refractivity contribution < 1.29 is 27.6 Å². The number of hydrogen-bond acceptors (Lipinski definition) is 4. The monoisotopic (exact) mass is 437 g/mol. The van der Waals surface area contributed by atoms with Crippen LogP contribution in [-0.4, -0.2) is 57.6 Å². The van der Waals surface area contributed by atoms with E-state index in [9.17, 15) is 27.6 Å². The molecule has 31 heavy (non-hydrogen) atoms. The molecule has 1 aromatic carbocycles. The van der Waals surface area contributed by atoms with Gasteiger partial charge >= 0.3 is 12.2 Å². The molecule has 4 amide bonds. The van der Waals surface area contributed by atoms with Gasteiger partial charge in [-0.15, -0.1) is 0 Å². The number of halogens is 3. The summed E-state index contributed by atoms with van der Waals surface area (Å²) in [6.07, 6.45) is -4.46. The van der Waals surface area contributed by atoms with Crippen LogP contribution in [0.1, 0.15) is 29.8 Å². The molecule has 8 nitrogen and oxygen atoms in total. The van der Waals surface area contributed by atoms with E-state index in [1.54, 1.807) is 19.9 Å². The predicted molar refractivity (Wildman–Crippen MR) is 106 cm³/mol. The van der Waals surface area contributed by atoms with Gasteiger partial charge in [0.2, 0.25) is 11.8 Å². The average molecular weight is 437 g/mol. The summed E-state index contributed by atoms with van der Waals surface area (Å²) in [5.41, 5.74) is 0.754. The third-order valence-corrected chi connectivity index (χ3v) is 4.85. The molecule has 0 atom stereocenters. The molecule has 0 spiro atoms. The van der Waals surface area contributed by atoms with Crippen LogP contribution in [0.25, 0.3) is 5.69 Å². The number of nitrogens with one attached hydrogen (secondary N) is 1. The fraction of sp³-hybridized carbons (Fsp3) is 0.400. The van der Waals surface area contributed by atoms with Gasteiger partial charge in [0.05, 0.1) is 22.6 Å². The van der Waals surface area contributed by atoms with E-state index in [1.165, 1.54) is 22.7 Å². The molecule has 1 saturated heterocycles. The lowest BCUT2D eigenvalue weighted by atomic mass is 10.1. The maximum atomic E-state index is 13.2. The second-order valence-corrected chi connectivity index (χ2v) is 7.40. The highest BCUT2D eigenvalue weighted by Gasteiger charge is 2.33. The Labute approximate surface area is 176 Å². The first-order valence-electron chi connectivity index (χ1n) is 9.57. The molecule has 1 aliphatic rings. The second-order valence-electron chi connectivity index (χ2n) is 7.40. The largest absolute Gasteiger partial charge is 0.416 e. The number of urea groups is 1.